The monoisotopic (exact) mass is 264 g/mol. The van der Waals surface area contributed by atoms with E-state index in [-0.39, 0.29) is 5.92 Å². The van der Waals surface area contributed by atoms with Gasteiger partial charge in [-0.15, -0.1) is 11.8 Å². The van der Waals surface area contributed by atoms with E-state index in [4.69, 9.17) is 0 Å². The number of hydrogen-bond acceptors (Lipinski definition) is 2. The van der Waals surface area contributed by atoms with Crippen molar-refractivity contribution in [3.05, 3.63) is 30.3 Å². The molecule has 0 amide bonds. The molecule has 0 bridgehead atoms. The van der Waals surface area contributed by atoms with Crippen LogP contribution in [-0.2, 0) is 4.79 Å². The van der Waals surface area contributed by atoms with Gasteiger partial charge in [0.15, 0.2) is 0 Å². The summed E-state index contributed by atoms with van der Waals surface area (Å²) in [5, 5.41) is 9.32. The lowest BCUT2D eigenvalue weighted by Crippen LogP contribution is -2.22. The number of carbonyl (C=O) groups is 1. The Morgan fingerprint density at radius 3 is 2.56 bits per heavy atom. The van der Waals surface area contributed by atoms with Gasteiger partial charge in [0.2, 0.25) is 0 Å². The van der Waals surface area contributed by atoms with Gasteiger partial charge in [-0.2, -0.15) is 0 Å². The fraction of sp³-hybridized carbons (Fsp3) is 0.533. The Kier molecular flexibility index (Phi) is 5.12. The second-order valence-electron chi connectivity index (χ2n) is 4.94. The van der Waals surface area contributed by atoms with Crippen molar-refractivity contribution in [2.24, 2.45) is 11.8 Å². The summed E-state index contributed by atoms with van der Waals surface area (Å²) in [6, 6.07) is 10.2. The van der Waals surface area contributed by atoms with Crippen molar-refractivity contribution in [3.8, 4) is 0 Å². The molecular formula is C15H20O2S. The Morgan fingerprint density at radius 2 is 1.94 bits per heavy atom. The van der Waals surface area contributed by atoms with Crippen LogP contribution in [0.25, 0.3) is 0 Å². The third-order valence-electron chi connectivity index (χ3n) is 3.73. The Bertz CT molecular complexity index is 371. The van der Waals surface area contributed by atoms with E-state index in [2.05, 4.69) is 12.1 Å². The number of benzene rings is 1. The number of carboxylic acids is 1. The zero-order chi connectivity index (χ0) is 12.8. The first-order valence-electron chi connectivity index (χ1n) is 6.68. The Hall–Kier alpha value is -0.960. The van der Waals surface area contributed by atoms with Crippen LogP contribution in [0.5, 0.6) is 0 Å². The fourth-order valence-corrected chi connectivity index (χ4v) is 3.70. The Labute approximate surface area is 113 Å². The molecule has 0 radical (unpaired) electrons. The predicted molar refractivity (Wildman–Crippen MR) is 74.9 cm³/mol. The van der Waals surface area contributed by atoms with Crippen LogP contribution in [0.4, 0.5) is 0 Å². The van der Waals surface area contributed by atoms with E-state index >= 15 is 0 Å². The van der Waals surface area contributed by atoms with Gasteiger partial charge in [0.1, 0.15) is 0 Å². The number of hydrogen-bond donors (Lipinski definition) is 1. The zero-order valence-electron chi connectivity index (χ0n) is 10.5. The van der Waals surface area contributed by atoms with Crippen molar-refractivity contribution in [1.82, 2.24) is 0 Å². The van der Waals surface area contributed by atoms with Crippen LogP contribution in [0, 0.1) is 11.8 Å². The maximum absolute atomic E-state index is 11.3. The van der Waals surface area contributed by atoms with E-state index in [9.17, 15) is 9.90 Å². The molecule has 1 N–H and O–H groups in total. The quantitative estimate of drug-likeness (QED) is 0.787. The standard InChI is InChI=1S/C15H20O2S/c16-15(17)14(12-6-4-5-7-12)10-11-18-13-8-2-1-3-9-13/h1-3,8-9,12,14H,4-7,10-11H2,(H,16,17). The van der Waals surface area contributed by atoms with Crippen LogP contribution in [0.2, 0.25) is 0 Å². The second kappa shape index (κ2) is 6.83. The summed E-state index contributed by atoms with van der Waals surface area (Å²) in [4.78, 5) is 12.5. The lowest BCUT2D eigenvalue weighted by Gasteiger charge is -2.18. The van der Waals surface area contributed by atoms with Crippen molar-refractivity contribution >= 4 is 17.7 Å². The number of aliphatic carboxylic acids is 1. The molecule has 0 aromatic heterocycles. The van der Waals surface area contributed by atoms with E-state index in [1.54, 1.807) is 11.8 Å². The summed E-state index contributed by atoms with van der Waals surface area (Å²) >= 11 is 1.76. The van der Waals surface area contributed by atoms with Gasteiger partial charge in [-0.25, -0.2) is 0 Å². The minimum atomic E-state index is -0.601. The van der Waals surface area contributed by atoms with Crippen molar-refractivity contribution in [2.75, 3.05) is 5.75 Å². The summed E-state index contributed by atoms with van der Waals surface area (Å²) in [5.74, 6) is 0.579. The van der Waals surface area contributed by atoms with Gasteiger partial charge in [-0.3, -0.25) is 4.79 Å². The van der Waals surface area contributed by atoms with Crippen LogP contribution in [0.3, 0.4) is 0 Å². The third kappa shape index (κ3) is 3.77. The molecule has 1 aromatic carbocycles. The molecule has 0 spiro atoms. The van der Waals surface area contributed by atoms with Gasteiger partial charge in [-0.05, 0) is 43.1 Å². The normalized spacial score (nSPS) is 17.8. The van der Waals surface area contributed by atoms with E-state index in [0.29, 0.717) is 5.92 Å². The molecule has 0 saturated heterocycles. The fourth-order valence-electron chi connectivity index (χ4n) is 2.74. The molecule has 98 valence electrons. The highest BCUT2D eigenvalue weighted by atomic mass is 32.2. The Balaban J connectivity index is 1.81. The molecule has 0 heterocycles. The minimum Gasteiger partial charge on any atom is -0.481 e. The molecule has 3 heteroatoms. The van der Waals surface area contributed by atoms with E-state index in [1.807, 2.05) is 18.2 Å². The molecule has 1 aliphatic carbocycles. The van der Waals surface area contributed by atoms with Crippen molar-refractivity contribution in [1.29, 1.82) is 0 Å². The third-order valence-corrected chi connectivity index (χ3v) is 4.77. The topological polar surface area (TPSA) is 37.3 Å². The number of rotatable bonds is 6. The van der Waals surface area contributed by atoms with Crippen LogP contribution in [0.1, 0.15) is 32.1 Å². The average Bonchev–Trinajstić information content (AvgIpc) is 2.89. The van der Waals surface area contributed by atoms with Gasteiger partial charge in [0.05, 0.1) is 5.92 Å². The lowest BCUT2D eigenvalue weighted by atomic mass is 9.89. The molecule has 0 aliphatic heterocycles. The number of carboxylic acid groups (broad SMARTS) is 1. The van der Waals surface area contributed by atoms with Crippen molar-refractivity contribution < 1.29 is 9.90 Å². The van der Waals surface area contributed by atoms with Crippen LogP contribution < -0.4 is 0 Å². The zero-order valence-corrected chi connectivity index (χ0v) is 11.4. The molecule has 1 aromatic rings. The smallest absolute Gasteiger partial charge is 0.306 e. The molecule has 18 heavy (non-hydrogen) atoms. The first-order valence-corrected chi connectivity index (χ1v) is 7.66. The van der Waals surface area contributed by atoms with Crippen LogP contribution in [0.15, 0.2) is 35.2 Å². The molecule has 2 nitrogen and oxygen atoms in total. The summed E-state index contributed by atoms with van der Waals surface area (Å²) in [5.41, 5.74) is 0. The summed E-state index contributed by atoms with van der Waals surface area (Å²) in [6.07, 6.45) is 5.42. The molecule has 1 aliphatic rings. The maximum Gasteiger partial charge on any atom is 0.306 e. The van der Waals surface area contributed by atoms with Gasteiger partial charge in [-0.1, -0.05) is 31.0 Å². The molecule has 1 saturated carbocycles. The molecule has 1 unspecified atom stereocenters. The van der Waals surface area contributed by atoms with E-state index in [0.717, 1.165) is 25.0 Å². The summed E-state index contributed by atoms with van der Waals surface area (Å²) in [6.45, 7) is 0. The van der Waals surface area contributed by atoms with Gasteiger partial charge < -0.3 is 5.11 Å². The summed E-state index contributed by atoms with van der Waals surface area (Å²) < 4.78 is 0. The molecular weight excluding hydrogens is 244 g/mol. The second-order valence-corrected chi connectivity index (χ2v) is 6.11. The largest absolute Gasteiger partial charge is 0.481 e. The summed E-state index contributed by atoms with van der Waals surface area (Å²) in [7, 11) is 0. The highest BCUT2D eigenvalue weighted by Crippen LogP contribution is 2.34. The van der Waals surface area contributed by atoms with Gasteiger partial charge >= 0.3 is 5.97 Å². The van der Waals surface area contributed by atoms with Crippen LogP contribution in [-0.4, -0.2) is 16.8 Å². The van der Waals surface area contributed by atoms with E-state index in [1.165, 1.54) is 17.7 Å². The van der Waals surface area contributed by atoms with E-state index < -0.39 is 5.97 Å². The Morgan fingerprint density at radius 1 is 1.28 bits per heavy atom. The highest BCUT2D eigenvalue weighted by molar-refractivity contribution is 7.99. The lowest BCUT2D eigenvalue weighted by molar-refractivity contribution is -0.143. The minimum absolute atomic E-state index is 0.135. The maximum atomic E-state index is 11.3. The highest BCUT2D eigenvalue weighted by Gasteiger charge is 2.29. The average molecular weight is 264 g/mol. The molecule has 1 atom stereocenters. The van der Waals surface area contributed by atoms with Crippen LogP contribution >= 0.6 is 11.8 Å². The van der Waals surface area contributed by atoms with Gasteiger partial charge in [0.25, 0.3) is 0 Å². The SMILES string of the molecule is O=C(O)C(CCSc1ccccc1)C1CCCC1. The van der Waals surface area contributed by atoms with Gasteiger partial charge in [0, 0.05) is 4.90 Å². The number of thioether (sulfide) groups is 1. The van der Waals surface area contributed by atoms with Crippen molar-refractivity contribution in [2.45, 2.75) is 37.0 Å². The first kappa shape index (κ1) is 13.5. The molecule has 1 fully saturated rings. The molecule has 2 rings (SSSR count). The first-order chi connectivity index (χ1) is 8.77. The van der Waals surface area contributed by atoms with Crippen molar-refractivity contribution in [3.63, 3.8) is 0 Å². The predicted octanol–water partition coefficient (Wildman–Crippen LogP) is 4.06.